The number of hydrogen-bond donors (Lipinski definition) is 1. The number of likely N-dealkylation sites (N-methyl/N-ethyl adjacent to an activating group) is 1. The molecule has 1 aromatic rings. The SMILES string of the molecule is CCN(CCc1ccc(C)c(O)c1)COC. The van der Waals surface area contributed by atoms with Gasteiger partial charge in [-0.25, -0.2) is 0 Å². The fraction of sp³-hybridized carbons (Fsp3) is 0.538. The molecule has 0 unspecified atom stereocenters. The largest absolute Gasteiger partial charge is 0.508 e. The number of hydrogen-bond acceptors (Lipinski definition) is 3. The van der Waals surface area contributed by atoms with Gasteiger partial charge in [0.25, 0.3) is 0 Å². The summed E-state index contributed by atoms with van der Waals surface area (Å²) in [6.45, 7) is 6.61. The van der Waals surface area contributed by atoms with Crippen molar-refractivity contribution in [2.75, 3.05) is 26.9 Å². The maximum atomic E-state index is 9.59. The van der Waals surface area contributed by atoms with Crippen molar-refractivity contribution < 1.29 is 9.84 Å². The van der Waals surface area contributed by atoms with Gasteiger partial charge < -0.3 is 9.84 Å². The molecule has 0 saturated carbocycles. The van der Waals surface area contributed by atoms with Crippen LogP contribution in [0.4, 0.5) is 0 Å². The Morgan fingerprint density at radius 2 is 2.12 bits per heavy atom. The summed E-state index contributed by atoms with van der Waals surface area (Å²) in [5, 5.41) is 9.59. The standard InChI is InChI=1S/C13H21NO2/c1-4-14(10-16-3)8-7-12-6-5-11(2)13(15)9-12/h5-6,9,15H,4,7-8,10H2,1-3H3. The average molecular weight is 223 g/mol. The second-order valence-corrected chi connectivity index (χ2v) is 4.00. The van der Waals surface area contributed by atoms with Crippen LogP contribution in [0.15, 0.2) is 18.2 Å². The molecule has 1 aromatic carbocycles. The van der Waals surface area contributed by atoms with Gasteiger partial charge in [0.2, 0.25) is 0 Å². The highest BCUT2D eigenvalue weighted by Crippen LogP contribution is 2.17. The minimum atomic E-state index is 0.382. The Hall–Kier alpha value is -1.06. The van der Waals surface area contributed by atoms with Crippen LogP contribution in [0.5, 0.6) is 5.75 Å². The molecule has 16 heavy (non-hydrogen) atoms. The maximum Gasteiger partial charge on any atom is 0.118 e. The van der Waals surface area contributed by atoms with E-state index in [0.717, 1.165) is 30.6 Å². The Bertz CT molecular complexity index is 326. The zero-order chi connectivity index (χ0) is 12.0. The molecule has 0 atom stereocenters. The molecule has 0 aliphatic carbocycles. The van der Waals surface area contributed by atoms with Gasteiger partial charge in [-0.3, -0.25) is 4.90 Å². The van der Waals surface area contributed by atoms with Gasteiger partial charge >= 0.3 is 0 Å². The number of nitrogens with zero attached hydrogens (tertiary/aromatic N) is 1. The zero-order valence-electron chi connectivity index (χ0n) is 10.4. The molecule has 90 valence electrons. The molecule has 1 rings (SSSR count). The van der Waals surface area contributed by atoms with E-state index in [1.807, 2.05) is 19.1 Å². The molecule has 0 heterocycles. The Kier molecular flexibility index (Phi) is 5.29. The van der Waals surface area contributed by atoms with Gasteiger partial charge in [0, 0.05) is 13.7 Å². The molecule has 3 heteroatoms. The maximum absolute atomic E-state index is 9.59. The Morgan fingerprint density at radius 1 is 1.38 bits per heavy atom. The number of phenolic OH excluding ortho intramolecular Hbond substituents is 1. The summed E-state index contributed by atoms with van der Waals surface area (Å²) < 4.78 is 5.10. The molecular formula is C13H21NO2. The molecule has 0 amide bonds. The summed E-state index contributed by atoms with van der Waals surface area (Å²) in [6, 6.07) is 5.86. The van der Waals surface area contributed by atoms with Crippen molar-refractivity contribution in [2.24, 2.45) is 0 Å². The number of ether oxygens (including phenoxy) is 1. The summed E-state index contributed by atoms with van der Waals surface area (Å²) >= 11 is 0. The van der Waals surface area contributed by atoms with Crippen LogP contribution in [0.1, 0.15) is 18.1 Å². The zero-order valence-corrected chi connectivity index (χ0v) is 10.4. The topological polar surface area (TPSA) is 32.7 Å². The highest BCUT2D eigenvalue weighted by Gasteiger charge is 2.03. The van der Waals surface area contributed by atoms with Gasteiger partial charge in [-0.15, -0.1) is 0 Å². The number of methoxy groups -OCH3 is 1. The van der Waals surface area contributed by atoms with Gasteiger partial charge in [-0.2, -0.15) is 0 Å². The van der Waals surface area contributed by atoms with Crippen LogP contribution in [-0.2, 0) is 11.2 Å². The molecule has 0 radical (unpaired) electrons. The Labute approximate surface area is 97.7 Å². The summed E-state index contributed by atoms with van der Waals surface area (Å²) in [4.78, 5) is 2.22. The lowest BCUT2D eigenvalue weighted by atomic mass is 10.1. The average Bonchev–Trinajstić information content (AvgIpc) is 2.28. The number of aryl methyl sites for hydroxylation is 1. The summed E-state index contributed by atoms with van der Waals surface area (Å²) in [5.74, 6) is 0.382. The molecule has 1 N–H and O–H groups in total. The van der Waals surface area contributed by atoms with Crippen LogP contribution >= 0.6 is 0 Å². The molecule has 3 nitrogen and oxygen atoms in total. The van der Waals surface area contributed by atoms with Gasteiger partial charge in [-0.05, 0) is 37.1 Å². The van der Waals surface area contributed by atoms with Crippen molar-refractivity contribution in [3.8, 4) is 5.75 Å². The van der Waals surface area contributed by atoms with Crippen molar-refractivity contribution in [3.05, 3.63) is 29.3 Å². The van der Waals surface area contributed by atoms with Crippen molar-refractivity contribution in [1.82, 2.24) is 4.90 Å². The van der Waals surface area contributed by atoms with Gasteiger partial charge in [-0.1, -0.05) is 19.1 Å². The molecule has 0 fully saturated rings. The second kappa shape index (κ2) is 6.51. The van der Waals surface area contributed by atoms with Crippen molar-refractivity contribution in [3.63, 3.8) is 0 Å². The van der Waals surface area contributed by atoms with Crippen molar-refractivity contribution in [1.29, 1.82) is 0 Å². The predicted octanol–water partition coefficient (Wildman–Crippen LogP) is 2.17. The first-order chi connectivity index (χ1) is 7.67. The third-order valence-corrected chi connectivity index (χ3v) is 2.75. The monoisotopic (exact) mass is 223 g/mol. The van der Waals surface area contributed by atoms with E-state index in [1.54, 1.807) is 7.11 Å². The van der Waals surface area contributed by atoms with Gasteiger partial charge in [0.05, 0.1) is 6.73 Å². The molecule has 0 aromatic heterocycles. The minimum Gasteiger partial charge on any atom is -0.508 e. The lowest BCUT2D eigenvalue weighted by molar-refractivity contribution is 0.0678. The van der Waals surface area contributed by atoms with Crippen LogP contribution in [0.2, 0.25) is 0 Å². The van der Waals surface area contributed by atoms with E-state index in [9.17, 15) is 5.11 Å². The van der Waals surface area contributed by atoms with Crippen LogP contribution in [0.3, 0.4) is 0 Å². The quantitative estimate of drug-likeness (QED) is 0.750. The summed E-state index contributed by atoms with van der Waals surface area (Å²) in [5.41, 5.74) is 2.09. The van der Waals surface area contributed by atoms with Crippen LogP contribution in [0.25, 0.3) is 0 Å². The summed E-state index contributed by atoms with van der Waals surface area (Å²) in [7, 11) is 1.71. The first kappa shape index (κ1) is 13.0. The van der Waals surface area contributed by atoms with E-state index in [0.29, 0.717) is 12.5 Å². The number of benzene rings is 1. The van der Waals surface area contributed by atoms with E-state index < -0.39 is 0 Å². The Balaban J connectivity index is 2.50. The third kappa shape index (κ3) is 3.83. The lowest BCUT2D eigenvalue weighted by Gasteiger charge is -2.19. The van der Waals surface area contributed by atoms with Crippen molar-refractivity contribution >= 4 is 0 Å². The Morgan fingerprint density at radius 3 is 2.69 bits per heavy atom. The van der Waals surface area contributed by atoms with E-state index in [-0.39, 0.29) is 0 Å². The number of rotatable bonds is 6. The van der Waals surface area contributed by atoms with E-state index in [2.05, 4.69) is 17.9 Å². The van der Waals surface area contributed by atoms with Crippen LogP contribution in [0, 0.1) is 6.92 Å². The van der Waals surface area contributed by atoms with Gasteiger partial charge in [0.1, 0.15) is 5.75 Å². The smallest absolute Gasteiger partial charge is 0.118 e. The fourth-order valence-electron chi connectivity index (χ4n) is 1.59. The lowest BCUT2D eigenvalue weighted by Crippen LogP contribution is -2.27. The molecule has 0 aliphatic rings. The molecule has 0 saturated heterocycles. The molecule has 0 spiro atoms. The predicted molar refractivity (Wildman–Crippen MR) is 65.7 cm³/mol. The second-order valence-electron chi connectivity index (χ2n) is 4.00. The number of aromatic hydroxyl groups is 1. The molecular weight excluding hydrogens is 202 g/mol. The normalized spacial score (nSPS) is 11.0. The van der Waals surface area contributed by atoms with Crippen molar-refractivity contribution in [2.45, 2.75) is 20.3 Å². The summed E-state index contributed by atoms with van der Waals surface area (Å²) in [6.07, 6.45) is 0.936. The third-order valence-electron chi connectivity index (χ3n) is 2.75. The van der Waals surface area contributed by atoms with E-state index in [1.165, 1.54) is 0 Å². The van der Waals surface area contributed by atoms with Gasteiger partial charge in [0.15, 0.2) is 0 Å². The van der Waals surface area contributed by atoms with Crippen LogP contribution < -0.4 is 0 Å². The van der Waals surface area contributed by atoms with E-state index in [4.69, 9.17) is 4.74 Å². The minimum absolute atomic E-state index is 0.382. The van der Waals surface area contributed by atoms with Crippen LogP contribution in [-0.4, -0.2) is 36.9 Å². The first-order valence-electron chi connectivity index (χ1n) is 5.67. The molecule has 0 bridgehead atoms. The molecule has 0 aliphatic heterocycles. The highest BCUT2D eigenvalue weighted by molar-refractivity contribution is 5.35. The fourth-order valence-corrected chi connectivity index (χ4v) is 1.59. The first-order valence-corrected chi connectivity index (χ1v) is 5.67. The van der Waals surface area contributed by atoms with E-state index >= 15 is 0 Å². The number of phenols is 1. The highest BCUT2D eigenvalue weighted by atomic mass is 16.5.